The Hall–Kier alpha value is -0.920. The van der Waals surface area contributed by atoms with Gasteiger partial charge in [0.05, 0.1) is 5.69 Å². The van der Waals surface area contributed by atoms with Gasteiger partial charge in [0.25, 0.3) is 5.91 Å². The topological polar surface area (TPSA) is 62.0 Å². The van der Waals surface area contributed by atoms with Gasteiger partial charge in [-0.1, -0.05) is 22.0 Å². The molecule has 19 heavy (non-hydrogen) atoms. The molecule has 1 aromatic heterocycles. The fourth-order valence-electron chi connectivity index (χ4n) is 1.42. The van der Waals surface area contributed by atoms with E-state index >= 15 is 0 Å². The first-order chi connectivity index (χ1) is 8.97. The zero-order valence-electron chi connectivity index (χ0n) is 9.34. The number of hydrogen-bond donors (Lipinski definition) is 2. The van der Waals surface area contributed by atoms with Crippen molar-refractivity contribution in [3.63, 3.8) is 0 Å². The predicted molar refractivity (Wildman–Crippen MR) is 84.6 cm³/mol. The fraction of sp³-hybridized carbons (Fsp3) is 0. The third-order valence-electron chi connectivity index (χ3n) is 2.26. The summed E-state index contributed by atoms with van der Waals surface area (Å²) in [4.78, 5) is 25.7. The Morgan fingerprint density at radius 1 is 1.11 bits per heavy atom. The lowest BCUT2D eigenvalue weighted by molar-refractivity contribution is 0.102. The van der Waals surface area contributed by atoms with E-state index in [4.69, 9.17) is 0 Å². The maximum atomic E-state index is 12.0. The van der Waals surface area contributed by atoms with Gasteiger partial charge in [-0.25, -0.2) is 0 Å². The van der Waals surface area contributed by atoms with Crippen molar-refractivity contribution in [2.45, 2.75) is 0 Å². The summed E-state index contributed by atoms with van der Waals surface area (Å²) < 4.78 is 2.32. The monoisotopic (exact) mass is 448 g/mol. The Balaban J connectivity index is 2.32. The molecule has 2 rings (SSSR count). The summed E-state index contributed by atoms with van der Waals surface area (Å²) in [7, 11) is 0. The van der Waals surface area contributed by atoms with Gasteiger partial charge >= 0.3 is 0 Å². The van der Waals surface area contributed by atoms with Crippen LogP contribution in [0.15, 0.2) is 48.5 Å². The number of rotatable bonds is 2. The quantitative estimate of drug-likeness (QED) is 0.728. The number of amides is 1. The number of halogens is 3. The number of carbonyl (C=O) groups is 1. The highest BCUT2D eigenvalue weighted by atomic mass is 79.9. The van der Waals surface area contributed by atoms with Gasteiger partial charge < -0.3 is 10.3 Å². The smallest absolute Gasteiger partial charge is 0.272 e. The second-order valence-electron chi connectivity index (χ2n) is 3.63. The van der Waals surface area contributed by atoms with Crippen molar-refractivity contribution < 1.29 is 4.79 Å². The van der Waals surface area contributed by atoms with E-state index in [1.807, 2.05) is 12.1 Å². The number of aromatic nitrogens is 1. The Morgan fingerprint density at radius 2 is 1.74 bits per heavy atom. The van der Waals surface area contributed by atoms with Crippen LogP contribution in [-0.2, 0) is 0 Å². The van der Waals surface area contributed by atoms with E-state index in [0.29, 0.717) is 5.69 Å². The van der Waals surface area contributed by atoms with Crippen molar-refractivity contribution in [2.24, 2.45) is 0 Å². The molecule has 0 aliphatic heterocycles. The van der Waals surface area contributed by atoms with Gasteiger partial charge in [0, 0.05) is 19.5 Å². The van der Waals surface area contributed by atoms with Crippen molar-refractivity contribution in [3.8, 4) is 0 Å². The molecular weight excluding hydrogens is 444 g/mol. The van der Waals surface area contributed by atoms with Crippen LogP contribution in [0.3, 0.4) is 0 Å². The summed E-state index contributed by atoms with van der Waals surface area (Å²) in [6.45, 7) is 0. The SMILES string of the molecule is O=C(Nc1c(Br)cc(Br)cc1Br)c1cccc(=O)[nH]1. The van der Waals surface area contributed by atoms with Gasteiger partial charge in [-0.3, -0.25) is 9.59 Å². The number of nitrogens with one attached hydrogen (secondary N) is 2. The second kappa shape index (κ2) is 6.02. The minimum Gasteiger partial charge on any atom is -0.319 e. The number of pyridine rings is 1. The lowest BCUT2D eigenvalue weighted by Crippen LogP contribution is -2.18. The summed E-state index contributed by atoms with van der Waals surface area (Å²) in [5.41, 5.74) is 0.480. The molecule has 1 amide bonds. The van der Waals surface area contributed by atoms with E-state index in [9.17, 15) is 9.59 Å². The zero-order chi connectivity index (χ0) is 14.0. The molecule has 7 heteroatoms. The Labute approximate surface area is 134 Å². The van der Waals surface area contributed by atoms with E-state index in [1.165, 1.54) is 18.2 Å². The fourth-order valence-corrected chi connectivity index (χ4v) is 3.88. The maximum absolute atomic E-state index is 12.0. The van der Waals surface area contributed by atoms with Crippen molar-refractivity contribution >= 4 is 59.4 Å². The molecule has 0 aliphatic rings. The summed E-state index contributed by atoms with van der Waals surface area (Å²) in [5, 5.41) is 2.73. The van der Waals surface area contributed by atoms with E-state index < -0.39 is 0 Å². The van der Waals surface area contributed by atoms with Crippen LogP contribution in [0.5, 0.6) is 0 Å². The lowest BCUT2D eigenvalue weighted by Gasteiger charge is -2.10. The van der Waals surface area contributed by atoms with Gasteiger partial charge in [-0.05, 0) is 50.1 Å². The lowest BCUT2D eigenvalue weighted by atomic mass is 10.3. The molecule has 2 aromatic rings. The second-order valence-corrected chi connectivity index (χ2v) is 6.25. The summed E-state index contributed by atoms with van der Waals surface area (Å²) in [6, 6.07) is 8.04. The van der Waals surface area contributed by atoms with Gasteiger partial charge in [0.1, 0.15) is 5.69 Å². The van der Waals surface area contributed by atoms with E-state index in [-0.39, 0.29) is 17.2 Å². The Morgan fingerprint density at radius 3 is 2.32 bits per heavy atom. The maximum Gasteiger partial charge on any atom is 0.272 e. The normalized spacial score (nSPS) is 10.3. The largest absolute Gasteiger partial charge is 0.319 e. The highest BCUT2D eigenvalue weighted by molar-refractivity contribution is 9.11. The average Bonchev–Trinajstić information content (AvgIpc) is 2.33. The van der Waals surface area contributed by atoms with Gasteiger partial charge in [-0.2, -0.15) is 0 Å². The van der Waals surface area contributed by atoms with Crippen LogP contribution < -0.4 is 10.9 Å². The molecule has 2 N–H and O–H groups in total. The highest BCUT2D eigenvalue weighted by Crippen LogP contribution is 2.34. The van der Waals surface area contributed by atoms with Crippen molar-refractivity contribution in [1.82, 2.24) is 4.98 Å². The Kier molecular flexibility index (Phi) is 4.59. The molecule has 0 saturated heterocycles. The molecule has 0 saturated carbocycles. The summed E-state index contributed by atoms with van der Waals surface area (Å²) in [6.07, 6.45) is 0. The third kappa shape index (κ3) is 3.55. The third-order valence-corrected chi connectivity index (χ3v) is 3.97. The van der Waals surface area contributed by atoms with Crippen LogP contribution in [0.2, 0.25) is 0 Å². The number of benzene rings is 1. The van der Waals surface area contributed by atoms with Gasteiger partial charge in [-0.15, -0.1) is 0 Å². The van der Waals surface area contributed by atoms with E-state index in [0.717, 1.165) is 13.4 Å². The standard InChI is InChI=1S/C12H7Br3N2O2/c13-6-4-7(14)11(8(15)5-6)17-12(19)9-2-1-3-10(18)16-9/h1-5H,(H,16,18)(H,17,19). The molecule has 0 bridgehead atoms. The first-order valence-electron chi connectivity index (χ1n) is 5.12. The van der Waals surface area contributed by atoms with E-state index in [1.54, 1.807) is 0 Å². The number of anilines is 1. The van der Waals surface area contributed by atoms with Crippen LogP contribution in [0.4, 0.5) is 5.69 Å². The zero-order valence-corrected chi connectivity index (χ0v) is 14.1. The minimum absolute atomic E-state index is 0.203. The van der Waals surface area contributed by atoms with Crippen LogP contribution in [0, 0.1) is 0 Å². The molecule has 4 nitrogen and oxygen atoms in total. The Bertz CT molecular complexity index is 674. The molecule has 0 atom stereocenters. The molecule has 0 spiro atoms. The van der Waals surface area contributed by atoms with Crippen LogP contribution >= 0.6 is 47.8 Å². The predicted octanol–water partition coefficient (Wildman–Crippen LogP) is 3.91. The van der Waals surface area contributed by atoms with Crippen LogP contribution in [-0.4, -0.2) is 10.9 Å². The first-order valence-corrected chi connectivity index (χ1v) is 7.50. The molecule has 98 valence electrons. The number of aromatic amines is 1. The van der Waals surface area contributed by atoms with Gasteiger partial charge in [0.2, 0.25) is 5.56 Å². The highest BCUT2D eigenvalue weighted by Gasteiger charge is 2.12. The number of H-pyrrole nitrogens is 1. The molecule has 0 unspecified atom stereocenters. The van der Waals surface area contributed by atoms with Crippen LogP contribution in [0.25, 0.3) is 0 Å². The average molecular weight is 451 g/mol. The molecule has 0 radical (unpaired) electrons. The summed E-state index contributed by atoms with van der Waals surface area (Å²) in [5.74, 6) is -0.388. The molecular formula is C12H7Br3N2O2. The summed E-state index contributed by atoms with van der Waals surface area (Å²) >= 11 is 10.1. The minimum atomic E-state index is -0.388. The molecule has 0 fully saturated rings. The van der Waals surface area contributed by atoms with Crippen molar-refractivity contribution in [2.75, 3.05) is 5.32 Å². The van der Waals surface area contributed by atoms with Crippen LogP contribution in [0.1, 0.15) is 10.5 Å². The number of hydrogen-bond acceptors (Lipinski definition) is 2. The molecule has 0 aliphatic carbocycles. The molecule has 1 heterocycles. The van der Waals surface area contributed by atoms with Crippen molar-refractivity contribution in [3.05, 3.63) is 59.8 Å². The number of carbonyl (C=O) groups excluding carboxylic acids is 1. The van der Waals surface area contributed by atoms with Crippen molar-refractivity contribution in [1.29, 1.82) is 0 Å². The van der Waals surface area contributed by atoms with Gasteiger partial charge in [0.15, 0.2) is 0 Å². The molecule has 1 aromatic carbocycles. The van der Waals surface area contributed by atoms with E-state index in [2.05, 4.69) is 58.1 Å². The first kappa shape index (κ1) is 14.5.